The van der Waals surface area contributed by atoms with E-state index in [0.29, 0.717) is 0 Å². The van der Waals surface area contributed by atoms with Crippen molar-refractivity contribution < 1.29 is 20.1 Å². The molecule has 0 N–H and O–H groups in total. The Balaban J connectivity index is 0.000000204. The van der Waals surface area contributed by atoms with E-state index < -0.39 is 0 Å². The maximum atomic E-state index is 4.32. The van der Waals surface area contributed by atoms with Crippen LogP contribution in [0.1, 0.15) is 25.3 Å². The van der Waals surface area contributed by atoms with Gasteiger partial charge in [0.05, 0.1) is 0 Å². The van der Waals surface area contributed by atoms with Gasteiger partial charge in [0.25, 0.3) is 0 Å². The number of anilines is 3. The van der Waals surface area contributed by atoms with Gasteiger partial charge in [0.2, 0.25) is 0 Å². The Morgan fingerprint density at radius 2 is 1.48 bits per heavy atom. The molecule has 226 valence electrons. The van der Waals surface area contributed by atoms with Crippen molar-refractivity contribution in [1.29, 1.82) is 0 Å². The first-order valence-electron chi connectivity index (χ1n) is 15.7. The average Bonchev–Trinajstić information content (AvgIpc) is 3.75. The Bertz CT molecular complexity index is 2170. The predicted molar refractivity (Wildman–Crippen MR) is 188 cm³/mol. The van der Waals surface area contributed by atoms with Gasteiger partial charge in [0.15, 0.2) is 0 Å². The number of hydrogen-bond acceptors (Lipinski definition) is 3. The summed E-state index contributed by atoms with van der Waals surface area (Å²) in [6.07, 6.45) is 4.23. The zero-order chi connectivity index (χ0) is 30.3. The van der Waals surface area contributed by atoms with E-state index in [4.69, 9.17) is 0 Å². The van der Waals surface area contributed by atoms with Gasteiger partial charge >= 0.3 is 20.1 Å². The number of benzene rings is 5. The molecule has 0 radical (unpaired) electrons. The molecule has 1 aliphatic rings. The molecule has 5 aromatic carbocycles. The van der Waals surface area contributed by atoms with Crippen LogP contribution in [-0.4, -0.2) is 15.9 Å². The molecule has 0 amide bonds. The first-order chi connectivity index (χ1) is 22.2. The van der Waals surface area contributed by atoms with Gasteiger partial charge in [0, 0.05) is 28.6 Å². The first-order valence-corrected chi connectivity index (χ1v) is 15.7. The number of pyridine rings is 1. The molecule has 0 fully saturated rings. The van der Waals surface area contributed by atoms with Crippen molar-refractivity contribution in [2.24, 2.45) is 0 Å². The second kappa shape index (κ2) is 12.6. The topological polar surface area (TPSA) is 23.8 Å². The Hall–Kier alpha value is -4.70. The molecule has 0 atom stereocenters. The molecule has 0 bridgehead atoms. The number of aromatic nitrogens is 2. The number of fused-ring (bicyclic) bond motifs is 7. The molecule has 0 aliphatic carbocycles. The molecule has 4 nitrogen and oxygen atoms in total. The van der Waals surface area contributed by atoms with E-state index in [1.165, 1.54) is 67.9 Å². The van der Waals surface area contributed by atoms with Gasteiger partial charge in [-0.25, -0.2) is 0 Å². The first kappa shape index (κ1) is 30.0. The minimum Gasteiger partial charge on any atom is -0.501 e. The van der Waals surface area contributed by atoms with E-state index in [1.807, 2.05) is 43.5 Å². The van der Waals surface area contributed by atoms with E-state index in [0.717, 1.165) is 23.5 Å². The van der Waals surface area contributed by atoms with Crippen LogP contribution in [0.4, 0.5) is 17.1 Å². The zero-order valence-electron chi connectivity index (χ0n) is 25.9. The maximum Gasteiger partial charge on any atom is 3.00 e. The standard InChI is InChI=1S/C29H23N3.C12H10N.Ir/c1-2-3-16-30-19-31(28-15-9-8-14-27(28)30)20-17-23-21-10-4-6-12-25(21)32-26-13-7-5-11-22(26)24(18-20)29(23)32;1-10-7-8-12(13-9-10)11-5-3-2-4-6-11;/h4-15,17,19H,2-3,16H2,1H3;2-5,7-9H,1H3;/q-2;-1;+3. The Kier molecular flexibility index (Phi) is 8.21. The normalized spacial score (nSPS) is 12.5. The van der Waals surface area contributed by atoms with Crippen LogP contribution in [-0.2, 0) is 20.1 Å². The van der Waals surface area contributed by atoms with Gasteiger partial charge in [-0.2, -0.15) is 6.67 Å². The van der Waals surface area contributed by atoms with Crippen LogP contribution in [0.3, 0.4) is 0 Å². The van der Waals surface area contributed by atoms with Gasteiger partial charge in [0.1, 0.15) is 0 Å². The number of aryl methyl sites for hydroxylation is 1. The monoisotopic (exact) mass is 774 g/mol. The van der Waals surface area contributed by atoms with Gasteiger partial charge < -0.3 is 19.2 Å². The Morgan fingerprint density at radius 3 is 2.22 bits per heavy atom. The molecule has 0 unspecified atom stereocenters. The Morgan fingerprint density at radius 1 is 0.761 bits per heavy atom. The summed E-state index contributed by atoms with van der Waals surface area (Å²) in [6, 6.07) is 47.3. The zero-order valence-corrected chi connectivity index (χ0v) is 28.3. The maximum absolute atomic E-state index is 4.32. The van der Waals surface area contributed by atoms with Crippen LogP contribution in [0.15, 0.2) is 121 Å². The molecule has 1 aliphatic heterocycles. The summed E-state index contributed by atoms with van der Waals surface area (Å²) in [6.45, 7) is 7.56. The van der Waals surface area contributed by atoms with Crippen molar-refractivity contribution in [2.45, 2.75) is 26.7 Å². The summed E-state index contributed by atoms with van der Waals surface area (Å²) in [5.74, 6) is 0. The van der Waals surface area contributed by atoms with Gasteiger partial charge in [-0.3, -0.25) is 0 Å². The largest absolute Gasteiger partial charge is 3.00 e. The van der Waals surface area contributed by atoms with Crippen molar-refractivity contribution in [3.05, 3.63) is 146 Å². The minimum absolute atomic E-state index is 0. The fourth-order valence-corrected chi connectivity index (χ4v) is 6.53. The summed E-state index contributed by atoms with van der Waals surface area (Å²) in [5.41, 5.74) is 10.6. The molecule has 5 heteroatoms. The van der Waals surface area contributed by atoms with Crippen LogP contribution >= 0.6 is 0 Å². The second-order valence-electron chi connectivity index (χ2n) is 11.7. The van der Waals surface area contributed by atoms with Crippen molar-refractivity contribution in [3.8, 4) is 11.3 Å². The van der Waals surface area contributed by atoms with Gasteiger partial charge in [-0.1, -0.05) is 90.5 Å². The fraction of sp³-hybridized carbons (Fsp3) is 0.122. The third-order valence-corrected chi connectivity index (χ3v) is 8.71. The van der Waals surface area contributed by atoms with E-state index in [9.17, 15) is 0 Å². The molecule has 0 saturated carbocycles. The van der Waals surface area contributed by atoms with E-state index in [1.54, 1.807) is 0 Å². The molecule has 9 rings (SSSR count). The predicted octanol–water partition coefficient (Wildman–Crippen LogP) is 10.4. The number of nitrogens with zero attached hydrogens (tertiary/aromatic N) is 4. The van der Waals surface area contributed by atoms with Crippen LogP contribution in [0.25, 0.3) is 49.4 Å². The van der Waals surface area contributed by atoms with Crippen LogP contribution in [0.5, 0.6) is 0 Å². The molecule has 3 aromatic heterocycles. The SMILES string of the molecule is CCCCN1[CH-]N(c2[c-]c3c4ccccc4n4c5ccccc5c(c2)c34)c2ccccc21.Cc1ccc(-c2[c-]cccc2)nc1.[Ir+3]. The summed E-state index contributed by atoms with van der Waals surface area (Å²) < 4.78 is 2.41. The number of rotatable bonds is 5. The third kappa shape index (κ3) is 5.10. The van der Waals surface area contributed by atoms with Crippen LogP contribution in [0, 0.1) is 25.7 Å². The summed E-state index contributed by atoms with van der Waals surface area (Å²) in [7, 11) is 0. The van der Waals surface area contributed by atoms with Crippen LogP contribution < -0.4 is 9.80 Å². The van der Waals surface area contributed by atoms with E-state index in [2.05, 4.69) is 130 Å². The molecule has 0 saturated heterocycles. The number of hydrogen-bond donors (Lipinski definition) is 0. The second-order valence-corrected chi connectivity index (χ2v) is 11.7. The molecule has 8 aromatic rings. The quantitative estimate of drug-likeness (QED) is 0.163. The summed E-state index contributed by atoms with van der Waals surface area (Å²) in [4.78, 5) is 9.01. The smallest absolute Gasteiger partial charge is 0.501 e. The third-order valence-electron chi connectivity index (χ3n) is 8.71. The van der Waals surface area contributed by atoms with Gasteiger partial charge in [-0.05, 0) is 66.3 Å². The number of para-hydroxylation sites is 4. The van der Waals surface area contributed by atoms with Gasteiger partial charge in [-0.15, -0.1) is 53.4 Å². The van der Waals surface area contributed by atoms with Crippen LogP contribution in [0.2, 0.25) is 0 Å². The van der Waals surface area contributed by atoms with Crippen molar-refractivity contribution in [3.63, 3.8) is 0 Å². The summed E-state index contributed by atoms with van der Waals surface area (Å²) >= 11 is 0. The van der Waals surface area contributed by atoms with Crippen molar-refractivity contribution in [2.75, 3.05) is 16.3 Å². The molecule has 4 heterocycles. The Labute approximate surface area is 283 Å². The molecular weight excluding hydrogens is 741 g/mol. The molecular formula is C41H33IrN4. The minimum atomic E-state index is 0. The van der Waals surface area contributed by atoms with Crippen molar-refractivity contribution in [1.82, 2.24) is 9.38 Å². The summed E-state index contributed by atoms with van der Waals surface area (Å²) in [5, 5.41) is 5.04. The van der Waals surface area contributed by atoms with E-state index in [-0.39, 0.29) is 20.1 Å². The molecule has 46 heavy (non-hydrogen) atoms. The van der Waals surface area contributed by atoms with Crippen molar-refractivity contribution >= 4 is 55.2 Å². The van der Waals surface area contributed by atoms with E-state index >= 15 is 0 Å². The molecule has 0 spiro atoms. The average molecular weight is 774 g/mol. The number of unbranched alkanes of at least 4 members (excludes halogenated alkanes) is 1. The fourth-order valence-electron chi connectivity index (χ4n) is 6.53.